The second kappa shape index (κ2) is 8.95. The Kier molecular flexibility index (Phi) is 6.16. The first-order valence-corrected chi connectivity index (χ1v) is 9.30. The standard InChI is InChI=1S/C24H25N2O/c1-3-25-23(18-17-21-12-9-10-16-24(21)25)15-8-5-11-19-26(20(2)27)22-13-6-4-7-14-22/h4,6-19H,3,5H2,1-2H3/q+1/b15-8+,19-11+. The van der Waals surface area contributed by atoms with E-state index in [0.29, 0.717) is 0 Å². The van der Waals surface area contributed by atoms with Crippen molar-refractivity contribution >= 4 is 28.6 Å². The zero-order valence-electron chi connectivity index (χ0n) is 15.9. The molecule has 0 saturated heterocycles. The average molecular weight is 357 g/mol. The molecule has 136 valence electrons. The number of carbonyl (C=O) groups excluding carboxylic acids is 1. The number of carbonyl (C=O) groups is 1. The number of pyridine rings is 1. The molecule has 3 rings (SSSR count). The number of anilines is 1. The normalized spacial score (nSPS) is 11.5. The number of benzene rings is 2. The Morgan fingerprint density at radius 1 is 0.963 bits per heavy atom. The minimum Gasteiger partial charge on any atom is -0.288 e. The molecule has 1 heterocycles. The van der Waals surface area contributed by atoms with Crippen LogP contribution < -0.4 is 9.47 Å². The zero-order valence-corrected chi connectivity index (χ0v) is 15.9. The van der Waals surface area contributed by atoms with Crippen LogP contribution >= 0.6 is 0 Å². The lowest BCUT2D eigenvalue weighted by Gasteiger charge is -2.15. The maximum atomic E-state index is 11.9. The summed E-state index contributed by atoms with van der Waals surface area (Å²) >= 11 is 0. The highest BCUT2D eigenvalue weighted by Gasteiger charge is 2.10. The lowest BCUT2D eigenvalue weighted by molar-refractivity contribution is -0.669. The van der Waals surface area contributed by atoms with Gasteiger partial charge in [-0.05, 0) is 37.6 Å². The molecule has 0 unspecified atom stereocenters. The van der Waals surface area contributed by atoms with Gasteiger partial charge in [0.15, 0.2) is 0 Å². The number of hydrogen-bond acceptors (Lipinski definition) is 1. The molecule has 0 N–H and O–H groups in total. The van der Waals surface area contributed by atoms with E-state index in [1.807, 2.05) is 42.6 Å². The Balaban J connectivity index is 1.73. The van der Waals surface area contributed by atoms with Gasteiger partial charge < -0.3 is 0 Å². The molecule has 0 bridgehead atoms. The summed E-state index contributed by atoms with van der Waals surface area (Å²) in [6.45, 7) is 4.66. The van der Waals surface area contributed by atoms with Crippen molar-refractivity contribution in [2.24, 2.45) is 0 Å². The first-order chi connectivity index (χ1) is 13.2. The van der Waals surface area contributed by atoms with Crippen LogP contribution in [0.1, 0.15) is 26.0 Å². The smallest absolute Gasteiger partial charge is 0.227 e. The van der Waals surface area contributed by atoms with Crippen molar-refractivity contribution in [3.05, 3.63) is 90.8 Å². The first kappa shape index (κ1) is 18.6. The van der Waals surface area contributed by atoms with Gasteiger partial charge in [0.1, 0.15) is 6.54 Å². The van der Waals surface area contributed by atoms with Gasteiger partial charge in [-0.3, -0.25) is 9.69 Å². The van der Waals surface area contributed by atoms with Crippen LogP contribution in [-0.2, 0) is 11.3 Å². The predicted octanol–water partition coefficient (Wildman–Crippen LogP) is 5.12. The largest absolute Gasteiger partial charge is 0.288 e. The van der Waals surface area contributed by atoms with Crippen molar-refractivity contribution in [2.75, 3.05) is 4.90 Å². The summed E-state index contributed by atoms with van der Waals surface area (Å²) in [5.74, 6) is -0.000200. The van der Waals surface area contributed by atoms with Gasteiger partial charge in [0.25, 0.3) is 0 Å². The number of rotatable bonds is 6. The Morgan fingerprint density at radius 3 is 2.44 bits per heavy atom. The van der Waals surface area contributed by atoms with Gasteiger partial charge in [-0.1, -0.05) is 42.5 Å². The summed E-state index contributed by atoms with van der Waals surface area (Å²) < 4.78 is 2.31. The van der Waals surface area contributed by atoms with Crippen LogP contribution in [0.3, 0.4) is 0 Å². The maximum absolute atomic E-state index is 11.9. The molecule has 3 nitrogen and oxygen atoms in total. The molecule has 3 aromatic rings. The topological polar surface area (TPSA) is 24.2 Å². The fourth-order valence-electron chi connectivity index (χ4n) is 3.17. The average Bonchev–Trinajstić information content (AvgIpc) is 2.70. The van der Waals surface area contributed by atoms with E-state index < -0.39 is 0 Å². The number of fused-ring (bicyclic) bond motifs is 1. The number of amides is 1. The molecule has 1 aromatic heterocycles. The monoisotopic (exact) mass is 357 g/mol. The second-order valence-electron chi connectivity index (χ2n) is 6.31. The lowest BCUT2D eigenvalue weighted by Crippen LogP contribution is -2.36. The summed E-state index contributed by atoms with van der Waals surface area (Å²) in [6.07, 6.45) is 8.86. The highest BCUT2D eigenvalue weighted by atomic mass is 16.2. The quantitative estimate of drug-likeness (QED) is 0.562. The van der Waals surface area contributed by atoms with Crippen molar-refractivity contribution < 1.29 is 9.36 Å². The molecule has 0 aliphatic rings. The van der Waals surface area contributed by atoms with Crippen molar-refractivity contribution in [1.82, 2.24) is 0 Å². The van der Waals surface area contributed by atoms with Crippen LogP contribution in [0.2, 0.25) is 0 Å². The van der Waals surface area contributed by atoms with Gasteiger partial charge >= 0.3 is 0 Å². The highest BCUT2D eigenvalue weighted by Crippen LogP contribution is 2.14. The van der Waals surface area contributed by atoms with Gasteiger partial charge in [-0.25, -0.2) is 0 Å². The van der Waals surface area contributed by atoms with Crippen LogP contribution in [0.5, 0.6) is 0 Å². The van der Waals surface area contributed by atoms with Gasteiger partial charge in [0.05, 0.1) is 0 Å². The number of para-hydroxylation sites is 2. The van der Waals surface area contributed by atoms with E-state index in [4.69, 9.17) is 0 Å². The minimum absolute atomic E-state index is 0.000200. The number of hydrogen-bond donors (Lipinski definition) is 0. The van der Waals surface area contributed by atoms with Gasteiger partial charge in [-0.2, -0.15) is 4.57 Å². The van der Waals surface area contributed by atoms with Gasteiger partial charge in [0, 0.05) is 42.4 Å². The fourth-order valence-corrected chi connectivity index (χ4v) is 3.17. The highest BCUT2D eigenvalue weighted by molar-refractivity contribution is 5.93. The Labute approximate surface area is 160 Å². The third-order valence-corrected chi connectivity index (χ3v) is 4.48. The maximum Gasteiger partial charge on any atom is 0.227 e. The molecule has 27 heavy (non-hydrogen) atoms. The molecule has 0 aliphatic carbocycles. The number of allylic oxidation sites excluding steroid dienone is 2. The number of aromatic nitrogens is 1. The zero-order chi connectivity index (χ0) is 19.1. The second-order valence-corrected chi connectivity index (χ2v) is 6.31. The Bertz CT molecular complexity index is 974. The first-order valence-electron chi connectivity index (χ1n) is 9.30. The van der Waals surface area contributed by atoms with Gasteiger partial charge in [-0.15, -0.1) is 0 Å². The fraction of sp³-hybridized carbons (Fsp3) is 0.167. The van der Waals surface area contributed by atoms with E-state index in [-0.39, 0.29) is 5.91 Å². The number of aryl methyl sites for hydroxylation is 1. The van der Waals surface area contributed by atoms with Crippen LogP contribution in [0, 0.1) is 0 Å². The van der Waals surface area contributed by atoms with E-state index in [2.05, 4.69) is 60.0 Å². The third-order valence-electron chi connectivity index (χ3n) is 4.48. The molecule has 0 saturated carbocycles. The molecule has 0 aliphatic heterocycles. The van der Waals surface area contributed by atoms with E-state index in [1.165, 1.54) is 16.6 Å². The van der Waals surface area contributed by atoms with E-state index in [1.54, 1.807) is 11.8 Å². The van der Waals surface area contributed by atoms with E-state index >= 15 is 0 Å². The molecule has 0 fully saturated rings. The van der Waals surface area contributed by atoms with Crippen LogP contribution in [0.25, 0.3) is 17.0 Å². The van der Waals surface area contributed by atoms with Gasteiger partial charge in [0.2, 0.25) is 17.1 Å². The molecule has 0 atom stereocenters. The summed E-state index contributed by atoms with van der Waals surface area (Å²) in [5, 5.41) is 1.25. The molecular weight excluding hydrogens is 332 g/mol. The number of nitrogens with zero attached hydrogens (tertiary/aromatic N) is 2. The van der Waals surface area contributed by atoms with Crippen LogP contribution in [0.4, 0.5) is 5.69 Å². The molecule has 2 aromatic carbocycles. The van der Waals surface area contributed by atoms with Crippen LogP contribution in [-0.4, -0.2) is 5.91 Å². The molecule has 0 radical (unpaired) electrons. The predicted molar refractivity (Wildman–Crippen MR) is 112 cm³/mol. The minimum atomic E-state index is -0.000200. The summed E-state index contributed by atoms with van der Waals surface area (Å²) in [6, 6.07) is 22.4. The van der Waals surface area contributed by atoms with E-state index in [9.17, 15) is 4.79 Å². The Hall–Kier alpha value is -3.20. The lowest BCUT2D eigenvalue weighted by atomic mass is 10.1. The van der Waals surface area contributed by atoms with Crippen LogP contribution in [0.15, 0.2) is 85.1 Å². The third kappa shape index (κ3) is 4.50. The van der Waals surface area contributed by atoms with Crippen molar-refractivity contribution in [1.29, 1.82) is 0 Å². The van der Waals surface area contributed by atoms with Crippen molar-refractivity contribution in [3.63, 3.8) is 0 Å². The molecule has 0 spiro atoms. The summed E-state index contributed by atoms with van der Waals surface area (Å²) in [7, 11) is 0. The summed E-state index contributed by atoms with van der Waals surface area (Å²) in [4.78, 5) is 13.6. The molecule has 1 amide bonds. The van der Waals surface area contributed by atoms with Crippen molar-refractivity contribution in [3.8, 4) is 0 Å². The Morgan fingerprint density at radius 2 is 1.70 bits per heavy atom. The van der Waals surface area contributed by atoms with E-state index in [0.717, 1.165) is 18.7 Å². The molecule has 3 heteroatoms. The summed E-state index contributed by atoms with van der Waals surface area (Å²) in [5.41, 5.74) is 3.30. The van der Waals surface area contributed by atoms with Crippen molar-refractivity contribution in [2.45, 2.75) is 26.8 Å². The SMILES string of the molecule is CC[n+]1c(/C=C/C/C=C/N(C(C)=O)c2ccccc2)ccc2ccccc21. The molecular formula is C24H25N2O+.